The van der Waals surface area contributed by atoms with Crippen LogP contribution in [0, 0.1) is 0 Å². The number of hydrogen-bond donors (Lipinski definition) is 0. The van der Waals surface area contributed by atoms with E-state index in [0.29, 0.717) is 11.1 Å². The van der Waals surface area contributed by atoms with Gasteiger partial charge in [-0.05, 0) is 0 Å². The van der Waals surface area contributed by atoms with Crippen LogP contribution in [0.2, 0.25) is 0 Å². The van der Waals surface area contributed by atoms with Gasteiger partial charge in [0.2, 0.25) is 0 Å². The molecule has 0 heterocycles. The number of benzene rings is 4. The van der Waals surface area contributed by atoms with Crippen LogP contribution < -0.4 is 15.9 Å². The van der Waals surface area contributed by atoms with Crippen molar-refractivity contribution >= 4 is 32.9 Å². The third-order valence-corrected chi connectivity index (χ3v) is 20.3. The summed E-state index contributed by atoms with van der Waals surface area (Å²) in [6, 6.07) is 34.7. The normalized spacial score (nSPS) is 12.8. The van der Waals surface area contributed by atoms with E-state index in [4.69, 9.17) is 3.97 Å². The van der Waals surface area contributed by atoms with Crippen molar-refractivity contribution in [1.82, 2.24) is 0 Å². The van der Waals surface area contributed by atoms with E-state index in [1.807, 2.05) is 60.7 Å². The predicted molar refractivity (Wildman–Crippen MR) is 242 cm³/mol. The zero-order valence-electron chi connectivity index (χ0n) is 35.0. The van der Waals surface area contributed by atoms with Gasteiger partial charge in [0.15, 0.2) is 0 Å². The van der Waals surface area contributed by atoms with Crippen molar-refractivity contribution in [3.05, 3.63) is 120 Å². The first kappa shape index (κ1) is 44.9. The van der Waals surface area contributed by atoms with E-state index < -0.39 is 16.9 Å². The van der Waals surface area contributed by atoms with Crippen LogP contribution in [-0.2, 0) is 33.4 Å². The van der Waals surface area contributed by atoms with E-state index in [1.165, 1.54) is 101 Å². The Morgan fingerprint density at radius 2 is 0.782 bits per heavy atom. The SMILES string of the molecule is CCCCCCCCc1ccc(S(=O)(=O)OP(CC)(c2ccccc2)(c2ccccc2)c2ccccc2)c(CCCCCCCC)c1CCCCCCCC. The summed E-state index contributed by atoms with van der Waals surface area (Å²) in [6.45, 7) is 4.84. The molecule has 0 saturated heterocycles. The monoisotopic (exact) mass is 785 g/mol. The van der Waals surface area contributed by atoms with Gasteiger partial charge >= 0.3 is 318 Å². The van der Waals surface area contributed by atoms with Gasteiger partial charge in [-0.15, -0.1) is 0 Å². The quantitative estimate of drug-likeness (QED) is 0.0425. The molecule has 0 N–H and O–H groups in total. The molecule has 0 aromatic heterocycles. The molecule has 0 aliphatic rings. The topological polar surface area (TPSA) is 43.4 Å². The first-order valence-electron chi connectivity index (χ1n) is 22.2. The van der Waals surface area contributed by atoms with Crippen molar-refractivity contribution in [3.63, 3.8) is 0 Å². The van der Waals surface area contributed by atoms with E-state index >= 15 is 8.42 Å². The third kappa shape index (κ3) is 11.6. The Morgan fingerprint density at radius 1 is 0.418 bits per heavy atom. The first-order chi connectivity index (χ1) is 26.9. The average Bonchev–Trinajstić information content (AvgIpc) is 3.22. The zero-order chi connectivity index (χ0) is 39.3. The van der Waals surface area contributed by atoms with Crippen LogP contribution in [0.1, 0.15) is 160 Å². The fourth-order valence-electron chi connectivity index (χ4n) is 8.70. The number of hydrogen-bond acceptors (Lipinski definition) is 3. The summed E-state index contributed by atoms with van der Waals surface area (Å²) in [5, 5.41) is 2.80. The second kappa shape index (κ2) is 23.5. The smallest absolute Gasteiger partial charge is 0.0654 e. The van der Waals surface area contributed by atoms with Crippen molar-refractivity contribution in [2.45, 2.75) is 167 Å². The second-order valence-corrected chi connectivity index (χ2v) is 22.3. The molecule has 0 bridgehead atoms. The molecule has 4 aromatic carbocycles. The van der Waals surface area contributed by atoms with Gasteiger partial charge < -0.3 is 0 Å². The minimum absolute atomic E-state index is 0.388. The summed E-state index contributed by atoms with van der Waals surface area (Å²) >= 11 is 0. The summed E-state index contributed by atoms with van der Waals surface area (Å²) < 4.78 is 38.5. The molecule has 302 valence electrons. The second-order valence-electron chi connectivity index (χ2n) is 15.8. The molecule has 0 unspecified atom stereocenters. The summed E-state index contributed by atoms with van der Waals surface area (Å²) in [6.07, 6.45) is 25.0. The summed E-state index contributed by atoms with van der Waals surface area (Å²) in [4.78, 5) is 0.388. The van der Waals surface area contributed by atoms with Crippen molar-refractivity contribution in [2.75, 3.05) is 6.16 Å². The van der Waals surface area contributed by atoms with Gasteiger partial charge in [0.05, 0.1) is 0 Å². The molecule has 0 fully saturated rings. The molecule has 0 aliphatic carbocycles. The van der Waals surface area contributed by atoms with Crippen molar-refractivity contribution in [1.29, 1.82) is 0 Å². The number of unbranched alkanes of at least 4 members (excludes halogenated alkanes) is 15. The Balaban J connectivity index is 1.89. The Labute approximate surface area is 337 Å². The van der Waals surface area contributed by atoms with Crippen LogP contribution in [0.4, 0.5) is 0 Å². The number of aryl methyl sites for hydroxylation is 1. The molecule has 0 spiro atoms. The maximum atomic E-state index is 15.6. The van der Waals surface area contributed by atoms with Gasteiger partial charge in [-0.1, -0.05) is 20.3 Å². The molecule has 55 heavy (non-hydrogen) atoms. The molecule has 0 amide bonds. The molecule has 5 heteroatoms. The molecule has 0 aliphatic heterocycles. The van der Waals surface area contributed by atoms with Gasteiger partial charge in [0.1, 0.15) is 0 Å². The molecule has 4 aromatic rings. The van der Waals surface area contributed by atoms with Crippen molar-refractivity contribution in [3.8, 4) is 0 Å². The van der Waals surface area contributed by atoms with Crippen molar-refractivity contribution in [2.24, 2.45) is 0 Å². The Hall–Kier alpha value is -2.78. The molecule has 0 saturated carbocycles. The van der Waals surface area contributed by atoms with E-state index in [9.17, 15) is 0 Å². The van der Waals surface area contributed by atoms with Crippen LogP contribution >= 0.6 is 6.83 Å². The van der Waals surface area contributed by atoms with E-state index in [1.54, 1.807) is 0 Å². The van der Waals surface area contributed by atoms with E-state index in [0.717, 1.165) is 66.4 Å². The summed E-state index contributed by atoms with van der Waals surface area (Å²) in [5.74, 6) is 0. The maximum absolute atomic E-state index is 15.6. The average molecular weight is 785 g/mol. The molecular weight excluding hydrogens is 712 g/mol. The zero-order valence-corrected chi connectivity index (χ0v) is 36.7. The number of rotatable bonds is 28. The fraction of sp³-hybridized carbons (Fsp3) is 0.520. The van der Waals surface area contributed by atoms with Crippen LogP contribution in [0.3, 0.4) is 0 Å². The molecule has 4 rings (SSSR count). The van der Waals surface area contributed by atoms with E-state index in [-0.39, 0.29) is 0 Å². The Kier molecular flexibility index (Phi) is 19.2. The van der Waals surface area contributed by atoms with Crippen molar-refractivity contribution < 1.29 is 12.4 Å². The fourth-order valence-corrected chi connectivity index (χ4v) is 17.4. The first-order valence-corrected chi connectivity index (χ1v) is 25.9. The molecule has 0 atom stereocenters. The van der Waals surface area contributed by atoms with Crippen LogP contribution in [0.5, 0.6) is 0 Å². The summed E-state index contributed by atoms with van der Waals surface area (Å²) in [7, 11) is -4.27. The standard InChI is InChI=1S/C50H73O3PS/c1-5-9-12-15-18-24-33-44-42-43-50(49(41-32-20-17-14-11-7-3)48(44)40-31-19-16-13-10-6-2)55(51,52)53-54(8-4,45-34-25-21-26-35-45,46-36-27-22-28-37-46)47-38-29-23-30-39-47/h21-23,25-30,34-39,42-43H,5-20,24,31-33,40-41H2,1-4H3. The van der Waals surface area contributed by atoms with Crippen LogP contribution in [0.15, 0.2) is 108 Å². The van der Waals surface area contributed by atoms with E-state index in [2.05, 4.69) is 70.2 Å². The van der Waals surface area contributed by atoms with Gasteiger partial charge in [-0.2, -0.15) is 0 Å². The predicted octanol–water partition coefficient (Wildman–Crippen LogP) is 13.6. The van der Waals surface area contributed by atoms with Gasteiger partial charge in [-0.25, -0.2) is 0 Å². The third-order valence-electron chi connectivity index (χ3n) is 11.9. The van der Waals surface area contributed by atoms with Gasteiger partial charge in [0.25, 0.3) is 0 Å². The van der Waals surface area contributed by atoms with Crippen LogP contribution in [-0.4, -0.2) is 14.6 Å². The summed E-state index contributed by atoms with van der Waals surface area (Å²) in [5.41, 5.74) is 3.67. The Bertz CT molecular complexity index is 1660. The minimum Gasteiger partial charge on any atom is -0.0654 e. The molecule has 0 radical (unpaired) electrons. The Morgan fingerprint density at radius 3 is 1.18 bits per heavy atom. The molecular formula is C50H73O3PS. The molecule has 3 nitrogen and oxygen atoms in total. The van der Waals surface area contributed by atoms with Gasteiger partial charge in [0, 0.05) is 0 Å². The van der Waals surface area contributed by atoms with Crippen LogP contribution in [0.25, 0.3) is 0 Å². The van der Waals surface area contributed by atoms with Gasteiger partial charge in [-0.3, -0.25) is 0 Å². The minimum atomic E-state index is -4.27.